The van der Waals surface area contributed by atoms with Gasteiger partial charge in [0.1, 0.15) is 18.1 Å². The van der Waals surface area contributed by atoms with E-state index in [0.29, 0.717) is 18.8 Å². The summed E-state index contributed by atoms with van der Waals surface area (Å²) in [6.07, 6.45) is 6.97. The van der Waals surface area contributed by atoms with Crippen molar-refractivity contribution in [3.8, 4) is 0 Å². The van der Waals surface area contributed by atoms with Gasteiger partial charge in [0.05, 0.1) is 0 Å². The molecule has 0 spiro atoms. The second-order valence-electron chi connectivity index (χ2n) is 6.89. The van der Waals surface area contributed by atoms with Crippen LogP contribution in [-0.2, 0) is 11.3 Å². The summed E-state index contributed by atoms with van der Waals surface area (Å²) in [5, 5.41) is 2.01. The minimum Gasteiger partial charge on any atom is -0.368 e. The number of carbonyl (C=O) groups excluding carboxylic acids is 2. The summed E-state index contributed by atoms with van der Waals surface area (Å²) in [4.78, 5) is 34.8. The molecule has 0 radical (unpaired) electrons. The molecule has 138 valence electrons. The number of pyridine rings is 1. The van der Waals surface area contributed by atoms with Gasteiger partial charge in [-0.1, -0.05) is 24.3 Å². The molecule has 0 unspecified atom stereocenters. The van der Waals surface area contributed by atoms with E-state index in [1.54, 1.807) is 23.2 Å². The van der Waals surface area contributed by atoms with Gasteiger partial charge in [-0.05, 0) is 24.3 Å². The Morgan fingerprint density at radius 1 is 1.19 bits per heavy atom. The van der Waals surface area contributed by atoms with E-state index >= 15 is 0 Å². The fourth-order valence-electron chi connectivity index (χ4n) is 3.72. The second-order valence-corrected chi connectivity index (χ2v) is 6.89. The molecule has 0 bridgehead atoms. The van der Waals surface area contributed by atoms with Crippen molar-refractivity contribution < 1.29 is 9.59 Å². The Labute approximate surface area is 156 Å². The number of benzene rings is 1. The zero-order valence-corrected chi connectivity index (χ0v) is 14.9. The van der Waals surface area contributed by atoms with Crippen molar-refractivity contribution in [3.63, 3.8) is 0 Å². The Morgan fingerprint density at radius 3 is 2.81 bits per heavy atom. The summed E-state index contributed by atoms with van der Waals surface area (Å²) in [5.41, 5.74) is 5.77. The fraction of sp³-hybridized carbons (Fsp3) is 0.300. The van der Waals surface area contributed by atoms with Crippen molar-refractivity contribution in [1.29, 1.82) is 0 Å². The number of hydrogen-bond donors (Lipinski definition) is 1. The van der Waals surface area contributed by atoms with Crippen LogP contribution in [0.1, 0.15) is 35.1 Å². The topological polar surface area (TPSA) is 94.1 Å². The summed E-state index contributed by atoms with van der Waals surface area (Å²) >= 11 is 0. The number of rotatable bonds is 4. The van der Waals surface area contributed by atoms with Gasteiger partial charge in [-0.25, -0.2) is 4.98 Å². The molecule has 1 saturated heterocycles. The van der Waals surface area contributed by atoms with Crippen LogP contribution < -0.4 is 5.73 Å². The largest absolute Gasteiger partial charge is 0.368 e. The summed E-state index contributed by atoms with van der Waals surface area (Å²) < 4.78 is 1.77. The molecule has 1 aliphatic heterocycles. The predicted octanol–water partition coefficient (Wildman–Crippen LogP) is 1.94. The van der Waals surface area contributed by atoms with Gasteiger partial charge in [-0.2, -0.15) is 0 Å². The van der Waals surface area contributed by atoms with Gasteiger partial charge >= 0.3 is 0 Å². The molecular weight excluding hydrogens is 342 g/mol. The van der Waals surface area contributed by atoms with Crippen LogP contribution in [-0.4, -0.2) is 44.3 Å². The van der Waals surface area contributed by atoms with Gasteiger partial charge in [-0.15, -0.1) is 0 Å². The van der Waals surface area contributed by atoms with Crippen LogP contribution >= 0.6 is 0 Å². The van der Waals surface area contributed by atoms with E-state index in [1.165, 1.54) is 0 Å². The van der Waals surface area contributed by atoms with Crippen LogP contribution in [0, 0.1) is 0 Å². The standard InChI is InChI=1S/C20H21N5O2/c21-18(26)13-24-9-7-22-19(24)16-6-3-8-25(12-16)20(27)17-10-14-4-1-2-5-15(14)11-23-17/h1-2,4-5,7,9-11,16H,3,6,8,12-13H2,(H2,21,26)/t16-/m0/s1. The Hall–Kier alpha value is -3.22. The zero-order chi connectivity index (χ0) is 18.8. The third kappa shape index (κ3) is 3.53. The average Bonchev–Trinajstić information content (AvgIpc) is 3.14. The summed E-state index contributed by atoms with van der Waals surface area (Å²) in [7, 11) is 0. The van der Waals surface area contributed by atoms with Crippen LogP contribution in [0.5, 0.6) is 0 Å². The highest BCUT2D eigenvalue weighted by Gasteiger charge is 2.28. The lowest BCUT2D eigenvalue weighted by atomic mass is 9.96. The van der Waals surface area contributed by atoms with E-state index in [2.05, 4.69) is 9.97 Å². The van der Waals surface area contributed by atoms with Gasteiger partial charge in [0.2, 0.25) is 5.91 Å². The molecule has 3 heterocycles. The molecule has 0 saturated carbocycles. The third-order valence-electron chi connectivity index (χ3n) is 5.00. The van der Waals surface area contributed by atoms with Crippen molar-refractivity contribution in [2.24, 2.45) is 5.73 Å². The third-order valence-corrected chi connectivity index (χ3v) is 5.00. The smallest absolute Gasteiger partial charge is 0.272 e. The number of likely N-dealkylation sites (tertiary alicyclic amines) is 1. The summed E-state index contributed by atoms with van der Waals surface area (Å²) in [6, 6.07) is 9.70. The van der Waals surface area contributed by atoms with E-state index in [4.69, 9.17) is 5.73 Å². The maximum Gasteiger partial charge on any atom is 0.272 e. The number of piperidine rings is 1. The van der Waals surface area contributed by atoms with Crippen molar-refractivity contribution in [3.05, 3.63) is 60.4 Å². The molecule has 2 aromatic heterocycles. The van der Waals surface area contributed by atoms with Crippen LogP contribution in [0.15, 0.2) is 48.9 Å². The first-order valence-corrected chi connectivity index (χ1v) is 9.05. The first-order chi connectivity index (χ1) is 13.1. The highest BCUT2D eigenvalue weighted by atomic mass is 16.2. The van der Waals surface area contributed by atoms with Crippen molar-refractivity contribution in [2.75, 3.05) is 13.1 Å². The second kappa shape index (κ2) is 7.19. The SMILES string of the molecule is NC(=O)Cn1ccnc1[C@H]1CCCN(C(=O)c2cc3ccccc3cn2)C1. The zero-order valence-electron chi connectivity index (χ0n) is 14.9. The van der Waals surface area contributed by atoms with Crippen molar-refractivity contribution in [1.82, 2.24) is 19.4 Å². The first-order valence-electron chi connectivity index (χ1n) is 9.05. The van der Waals surface area contributed by atoms with Gasteiger partial charge in [0, 0.05) is 43.0 Å². The summed E-state index contributed by atoms with van der Waals surface area (Å²) in [5.74, 6) is 0.409. The Bertz CT molecular complexity index is 997. The number of primary amides is 1. The monoisotopic (exact) mass is 363 g/mol. The molecule has 1 atom stereocenters. The highest BCUT2D eigenvalue weighted by Crippen LogP contribution is 2.27. The molecule has 3 aromatic rings. The van der Waals surface area contributed by atoms with E-state index in [-0.39, 0.29) is 18.4 Å². The van der Waals surface area contributed by atoms with Crippen LogP contribution in [0.2, 0.25) is 0 Å². The predicted molar refractivity (Wildman–Crippen MR) is 101 cm³/mol. The Morgan fingerprint density at radius 2 is 2.00 bits per heavy atom. The van der Waals surface area contributed by atoms with Gasteiger partial charge < -0.3 is 15.2 Å². The molecule has 2 N–H and O–H groups in total. The van der Waals surface area contributed by atoms with Crippen molar-refractivity contribution >= 4 is 22.6 Å². The highest BCUT2D eigenvalue weighted by molar-refractivity contribution is 5.96. The van der Waals surface area contributed by atoms with Crippen molar-refractivity contribution in [2.45, 2.75) is 25.3 Å². The molecular formula is C20H21N5O2. The maximum absolute atomic E-state index is 13.0. The number of fused-ring (bicyclic) bond motifs is 1. The number of aromatic nitrogens is 3. The molecule has 4 rings (SSSR count). The number of nitrogens with two attached hydrogens (primary N) is 1. The molecule has 1 aromatic carbocycles. The van der Waals surface area contributed by atoms with Gasteiger partial charge in [0.15, 0.2) is 0 Å². The number of carbonyl (C=O) groups is 2. The number of nitrogens with zero attached hydrogens (tertiary/aromatic N) is 4. The molecule has 1 aliphatic rings. The minimum atomic E-state index is -0.404. The molecule has 27 heavy (non-hydrogen) atoms. The normalized spacial score (nSPS) is 17.2. The molecule has 7 heteroatoms. The number of amides is 2. The van der Waals surface area contributed by atoms with E-state index in [0.717, 1.165) is 29.4 Å². The molecule has 1 fully saturated rings. The lowest BCUT2D eigenvalue weighted by Crippen LogP contribution is -2.40. The number of imidazole rings is 1. The Balaban J connectivity index is 1.54. The average molecular weight is 363 g/mol. The summed E-state index contributed by atoms with van der Waals surface area (Å²) in [6.45, 7) is 1.36. The van der Waals surface area contributed by atoms with E-state index in [1.807, 2.05) is 35.2 Å². The fourth-order valence-corrected chi connectivity index (χ4v) is 3.72. The first kappa shape index (κ1) is 17.2. The number of hydrogen-bond acceptors (Lipinski definition) is 4. The van der Waals surface area contributed by atoms with Crippen LogP contribution in [0.25, 0.3) is 10.8 Å². The van der Waals surface area contributed by atoms with E-state index in [9.17, 15) is 9.59 Å². The minimum absolute atomic E-state index is 0.0709. The Kier molecular flexibility index (Phi) is 4.58. The van der Waals surface area contributed by atoms with Gasteiger partial charge in [0.25, 0.3) is 5.91 Å². The van der Waals surface area contributed by atoms with Gasteiger partial charge in [-0.3, -0.25) is 14.6 Å². The maximum atomic E-state index is 13.0. The van der Waals surface area contributed by atoms with Crippen LogP contribution in [0.4, 0.5) is 0 Å². The quantitative estimate of drug-likeness (QED) is 0.766. The lowest BCUT2D eigenvalue weighted by molar-refractivity contribution is -0.118. The van der Waals surface area contributed by atoms with E-state index < -0.39 is 5.91 Å². The van der Waals surface area contributed by atoms with Crippen LogP contribution in [0.3, 0.4) is 0 Å². The molecule has 2 amide bonds. The lowest BCUT2D eigenvalue weighted by Gasteiger charge is -2.32. The molecule has 7 nitrogen and oxygen atoms in total. The molecule has 0 aliphatic carbocycles.